The number of nitrogens with two attached hydrogens (primary N) is 1. The molecule has 0 aliphatic heterocycles. The van der Waals surface area contributed by atoms with E-state index in [0.29, 0.717) is 12.1 Å². The molecule has 8 nitrogen and oxygen atoms in total. The zero-order chi connectivity index (χ0) is 14.3. The number of carbonyl (C=O) groups excluding carboxylic acids is 1. The molecule has 0 spiro atoms. The van der Waals surface area contributed by atoms with Crippen molar-refractivity contribution >= 4 is 5.78 Å². The first-order chi connectivity index (χ1) is 8.01. The highest BCUT2D eigenvalue weighted by molar-refractivity contribution is 5.85. The summed E-state index contributed by atoms with van der Waals surface area (Å²) in [5, 5.41) is 56.8. The van der Waals surface area contributed by atoms with Crippen molar-refractivity contribution in [3.8, 4) is 17.2 Å². The first kappa shape index (κ1) is 14.2. The lowest BCUT2D eigenvalue weighted by Crippen LogP contribution is -2.63. The molecule has 0 fully saturated rings. The highest BCUT2D eigenvalue weighted by atomic mass is 16.5. The Kier molecular flexibility index (Phi) is 3.24. The Morgan fingerprint density at radius 2 is 1.50 bits per heavy atom. The maximum atomic E-state index is 11.1. The average molecular weight is 259 g/mol. The second-order valence-electron chi connectivity index (χ2n) is 3.85. The van der Waals surface area contributed by atoms with E-state index >= 15 is 0 Å². The molecule has 0 saturated carbocycles. The molecular formula is C10H13NO7. The zero-order valence-electron chi connectivity index (χ0n) is 9.32. The molecule has 18 heavy (non-hydrogen) atoms. The molecule has 8 N–H and O–H groups in total. The number of ketones is 1. The van der Waals surface area contributed by atoms with Gasteiger partial charge in [0, 0.05) is 12.1 Å². The Balaban J connectivity index is 3.51. The van der Waals surface area contributed by atoms with Crippen molar-refractivity contribution in [2.45, 2.75) is 18.4 Å². The Bertz CT molecular complexity index is 472. The number of aliphatic hydroxyl groups is 3. The van der Waals surface area contributed by atoms with Gasteiger partial charge < -0.3 is 30.6 Å². The molecule has 0 saturated heterocycles. The van der Waals surface area contributed by atoms with Crippen LogP contribution in [0, 0.1) is 0 Å². The van der Waals surface area contributed by atoms with Gasteiger partial charge >= 0.3 is 0 Å². The number of benzene rings is 1. The molecule has 0 radical (unpaired) electrons. The van der Waals surface area contributed by atoms with E-state index in [1.165, 1.54) is 0 Å². The second kappa shape index (κ2) is 4.10. The van der Waals surface area contributed by atoms with Gasteiger partial charge in [-0.15, -0.1) is 0 Å². The van der Waals surface area contributed by atoms with E-state index in [-0.39, 0.29) is 0 Å². The van der Waals surface area contributed by atoms with Crippen LogP contribution in [-0.2, 0) is 10.6 Å². The van der Waals surface area contributed by atoms with Gasteiger partial charge in [0.15, 0.2) is 5.78 Å². The Hall–Kier alpha value is -1.87. The summed E-state index contributed by atoms with van der Waals surface area (Å²) < 4.78 is 0. The summed E-state index contributed by atoms with van der Waals surface area (Å²) in [5.41, 5.74) is 0.913. The molecule has 100 valence electrons. The Morgan fingerprint density at radius 3 is 1.83 bits per heavy atom. The number of phenols is 3. The minimum atomic E-state index is -3.44. The third-order valence-corrected chi connectivity index (χ3v) is 2.50. The van der Waals surface area contributed by atoms with Crippen LogP contribution in [0.3, 0.4) is 0 Å². The number of hydrogen-bond acceptors (Lipinski definition) is 8. The minimum Gasteiger partial charge on any atom is -0.508 e. The summed E-state index contributed by atoms with van der Waals surface area (Å²) in [6, 6.07) is 1.35. The fourth-order valence-electron chi connectivity index (χ4n) is 1.39. The van der Waals surface area contributed by atoms with E-state index in [1.807, 2.05) is 0 Å². The minimum absolute atomic E-state index is 0.562. The monoisotopic (exact) mass is 259 g/mol. The van der Waals surface area contributed by atoms with Gasteiger partial charge in [-0.3, -0.25) is 10.5 Å². The number of Topliss-reactive ketones (excluding diaryl/α,β-unsaturated/α-hetero) is 1. The van der Waals surface area contributed by atoms with Crippen LogP contribution in [0.25, 0.3) is 0 Å². The van der Waals surface area contributed by atoms with Crippen LogP contribution in [-0.4, -0.2) is 42.1 Å². The molecular weight excluding hydrogens is 246 g/mol. The van der Waals surface area contributed by atoms with Gasteiger partial charge in [-0.2, -0.15) is 0 Å². The molecule has 1 rings (SSSR count). The summed E-state index contributed by atoms with van der Waals surface area (Å²) in [7, 11) is 0. The van der Waals surface area contributed by atoms with Gasteiger partial charge in [-0.05, 0) is 6.92 Å². The van der Waals surface area contributed by atoms with Crippen LogP contribution in [0.2, 0.25) is 0 Å². The summed E-state index contributed by atoms with van der Waals surface area (Å²) in [6.07, 6.45) is 0. The lowest BCUT2D eigenvalue weighted by Gasteiger charge is -2.34. The number of phenolic OH excluding ortho intramolecular Hbond substituents is 3. The quantitative estimate of drug-likeness (QED) is 0.312. The fourth-order valence-corrected chi connectivity index (χ4v) is 1.39. The first-order valence-electron chi connectivity index (χ1n) is 4.74. The van der Waals surface area contributed by atoms with Gasteiger partial charge in [0.25, 0.3) is 0 Å². The molecule has 1 atom stereocenters. The van der Waals surface area contributed by atoms with Crippen molar-refractivity contribution in [3.05, 3.63) is 17.7 Å². The molecule has 0 aromatic heterocycles. The van der Waals surface area contributed by atoms with Crippen molar-refractivity contribution in [3.63, 3.8) is 0 Å². The van der Waals surface area contributed by atoms with E-state index in [1.54, 1.807) is 0 Å². The predicted molar refractivity (Wildman–Crippen MR) is 57.4 cm³/mol. The number of hydrogen-bond donors (Lipinski definition) is 7. The Labute approximate surface area is 101 Å². The molecule has 8 heteroatoms. The average Bonchev–Trinajstić information content (AvgIpc) is 2.14. The highest BCUT2D eigenvalue weighted by Crippen LogP contribution is 2.41. The smallest absolute Gasteiger partial charge is 0.248 e. The lowest BCUT2D eigenvalue weighted by atomic mass is 9.90. The maximum absolute atomic E-state index is 11.1. The molecule has 1 aromatic carbocycles. The molecule has 0 aliphatic carbocycles. The van der Waals surface area contributed by atoms with Crippen molar-refractivity contribution in [2.24, 2.45) is 5.73 Å². The van der Waals surface area contributed by atoms with Crippen molar-refractivity contribution < 1.29 is 35.4 Å². The maximum Gasteiger partial charge on any atom is 0.248 e. The topological polar surface area (TPSA) is 164 Å². The molecule has 1 aromatic rings. The van der Waals surface area contributed by atoms with Gasteiger partial charge in [0.2, 0.25) is 11.5 Å². The summed E-state index contributed by atoms with van der Waals surface area (Å²) in [6.45, 7) is 0.787. The number of rotatable bonds is 3. The van der Waals surface area contributed by atoms with Crippen molar-refractivity contribution in [1.82, 2.24) is 0 Å². The molecule has 0 amide bonds. The first-order valence-corrected chi connectivity index (χ1v) is 4.74. The molecule has 0 heterocycles. The van der Waals surface area contributed by atoms with E-state index < -0.39 is 40.1 Å². The van der Waals surface area contributed by atoms with Crippen LogP contribution in [0.1, 0.15) is 12.5 Å². The van der Waals surface area contributed by atoms with Crippen molar-refractivity contribution in [1.29, 1.82) is 0 Å². The molecule has 0 aliphatic rings. The predicted octanol–water partition coefficient (Wildman–Crippen LogP) is -1.82. The van der Waals surface area contributed by atoms with Crippen LogP contribution in [0.4, 0.5) is 0 Å². The SMILES string of the molecule is CC(=O)C(N)(O)C(O)(O)c1c(O)cc(O)cc1O. The van der Waals surface area contributed by atoms with Gasteiger partial charge in [0.05, 0.1) is 5.56 Å². The summed E-state index contributed by atoms with van der Waals surface area (Å²) in [5.74, 6) is -7.13. The van der Waals surface area contributed by atoms with Gasteiger partial charge in [-0.1, -0.05) is 0 Å². The summed E-state index contributed by atoms with van der Waals surface area (Å²) in [4.78, 5) is 11.1. The third-order valence-electron chi connectivity index (χ3n) is 2.50. The number of aromatic hydroxyl groups is 3. The molecule has 1 unspecified atom stereocenters. The van der Waals surface area contributed by atoms with Gasteiger partial charge in [-0.25, -0.2) is 0 Å². The second-order valence-corrected chi connectivity index (χ2v) is 3.85. The fraction of sp³-hybridized carbons (Fsp3) is 0.300. The lowest BCUT2D eigenvalue weighted by molar-refractivity contribution is -0.272. The van der Waals surface area contributed by atoms with Crippen LogP contribution < -0.4 is 5.73 Å². The standard InChI is InChI=1S/C10H13NO7/c1-4(12)9(11,16)10(17,18)8-6(14)2-5(13)3-7(8)15/h2-3,13-18H,11H2,1H3. The van der Waals surface area contributed by atoms with E-state index in [4.69, 9.17) is 10.8 Å². The Morgan fingerprint density at radius 1 is 1.11 bits per heavy atom. The third kappa shape index (κ3) is 1.97. The largest absolute Gasteiger partial charge is 0.508 e. The van der Waals surface area contributed by atoms with Crippen LogP contribution in [0.5, 0.6) is 17.2 Å². The van der Waals surface area contributed by atoms with Crippen LogP contribution in [0.15, 0.2) is 12.1 Å². The van der Waals surface area contributed by atoms with Crippen LogP contribution >= 0.6 is 0 Å². The van der Waals surface area contributed by atoms with E-state index in [0.717, 1.165) is 6.92 Å². The van der Waals surface area contributed by atoms with E-state index in [2.05, 4.69) is 0 Å². The van der Waals surface area contributed by atoms with E-state index in [9.17, 15) is 30.3 Å². The normalized spacial score (nSPS) is 15.2. The van der Waals surface area contributed by atoms with Crippen molar-refractivity contribution in [2.75, 3.05) is 0 Å². The molecule has 0 bridgehead atoms. The number of carbonyl (C=O) groups is 1. The zero-order valence-corrected chi connectivity index (χ0v) is 9.32. The van der Waals surface area contributed by atoms with Gasteiger partial charge in [0.1, 0.15) is 17.2 Å². The summed E-state index contributed by atoms with van der Waals surface area (Å²) >= 11 is 0. The highest BCUT2D eigenvalue weighted by Gasteiger charge is 2.53.